The van der Waals surface area contributed by atoms with Gasteiger partial charge in [0.2, 0.25) is 0 Å². The number of aliphatic hydroxyl groups is 1. The van der Waals surface area contributed by atoms with Crippen LogP contribution in [0.2, 0.25) is 5.02 Å². The van der Waals surface area contributed by atoms with E-state index in [4.69, 9.17) is 22.1 Å². The number of para-hydroxylation sites is 1. The van der Waals surface area contributed by atoms with Crippen LogP contribution < -0.4 is 10.5 Å². The molecule has 0 spiro atoms. The van der Waals surface area contributed by atoms with Crippen molar-refractivity contribution in [1.82, 2.24) is 14.8 Å². The van der Waals surface area contributed by atoms with Gasteiger partial charge < -0.3 is 20.1 Å². The molecule has 0 radical (unpaired) electrons. The molecule has 4 aromatic rings. The third kappa shape index (κ3) is 3.07. The summed E-state index contributed by atoms with van der Waals surface area (Å²) in [6.07, 6.45) is 6.80. The van der Waals surface area contributed by atoms with Gasteiger partial charge in [-0.3, -0.25) is 9.89 Å². The molecule has 4 N–H and O–H groups in total. The Morgan fingerprint density at radius 1 is 1.24 bits per heavy atom. The minimum absolute atomic E-state index is 0.214. The van der Waals surface area contributed by atoms with E-state index >= 15 is 0 Å². The second-order valence-corrected chi connectivity index (χ2v) is 9.58. The number of nitrogens with zero attached hydrogens (tertiary/aromatic N) is 2. The summed E-state index contributed by atoms with van der Waals surface area (Å²) in [6.45, 7) is 0. The topological polar surface area (TPSA) is 106 Å². The SMILES string of the molecule is COc1ccccc1-c1cn(C2C3CC(O)(c4cc(Cl)cc5[nH]ncc45)CC32)cc1C(N)=O. The lowest BCUT2D eigenvalue weighted by atomic mass is 9.86. The van der Waals surface area contributed by atoms with Gasteiger partial charge in [-0.1, -0.05) is 29.8 Å². The number of methoxy groups -OCH3 is 1. The van der Waals surface area contributed by atoms with E-state index in [1.807, 2.05) is 48.8 Å². The maximum atomic E-state index is 12.2. The summed E-state index contributed by atoms with van der Waals surface area (Å²) in [5, 5.41) is 20.1. The van der Waals surface area contributed by atoms with E-state index in [9.17, 15) is 9.90 Å². The van der Waals surface area contributed by atoms with Crippen LogP contribution >= 0.6 is 11.6 Å². The van der Waals surface area contributed by atoms with Gasteiger partial charge in [-0.15, -0.1) is 0 Å². The summed E-state index contributed by atoms with van der Waals surface area (Å²) in [4.78, 5) is 12.2. The number of hydrogen-bond acceptors (Lipinski definition) is 4. The van der Waals surface area contributed by atoms with Crippen molar-refractivity contribution in [1.29, 1.82) is 0 Å². The number of benzene rings is 2. The number of amides is 1. The van der Waals surface area contributed by atoms with Gasteiger partial charge in [0.1, 0.15) is 5.75 Å². The van der Waals surface area contributed by atoms with Crippen LogP contribution in [0, 0.1) is 11.8 Å². The molecule has 2 fully saturated rings. The number of ether oxygens (including phenoxy) is 1. The van der Waals surface area contributed by atoms with Gasteiger partial charge in [0.05, 0.1) is 30.0 Å². The van der Waals surface area contributed by atoms with Crippen LogP contribution in [-0.4, -0.2) is 32.9 Å². The third-order valence-corrected chi connectivity index (χ3v) is 7.53. The van der Waals surface area contributed by atoms with Crippen molar-refractivity contribution in [3.05, 3.63) is 71.1 Å². The number of primary amides is 1. The van der Waals surface area contributed by atoms with Crippen LogP contribution in [0.15, 0.2) is 55.0 Å². The average Bonchev–Trinajstić information content (AvgIpc) is 3.23. The number of carbonyl (C=O) groups is 1. The van der Waals surface area contributed by atoms with E-state index in [-0.39, 0.29) is 6.04 Å². The Hall–Kier alpha value is -3.29. The fourth-order valence-electron chi connectivity index (χ4n) is 5.82. The highest BCUT2D eigenvalue weighted by Gasteiger charge is 2.62. The van der Waals surface area contributed by atoms with Crippen LogP contribution in [0.3, 0.4) is 0 Å². The Morgan fingerprint density at radius 2 is 2.00 bits per heavy atom. The lowest BCUT2D eigenvalue weighted by Gasteiger charge is -2.27. The molecule has 2 unspecified atom stereocenters. The second-order valence-electron chi connectivity index (χ2n) is 9.14. The van der Waals surface area contributed by atoms with Gasteiger partial charge in [0, 0.05) is 40.0 Å². The normalized spacial score (nSPS) is 25.8. The van der Waals surface area contributed by atoms with Gasteiger partial charge in [0.25, 0.3) is 5.91 Å². The van der Waals surface area contributed by atoms with Crippen molar-refractivity contribution in [3.63, 3.8) is 0 Å². The van der Waals surface area contributed by atoms with Gasteiger partial charge in [-0.2, -0.15) is 5.10 Å². The minimum Gasteiger partial charge on any atom is -0.496 e. The first-order chi connectivity index (χ1) is 15.9. The van der Waals surface area contributed by atoms with Crippen molar-refractivity contribution >= 4 is 28.4 Å². The Bertz CT molecular complexity index is 1400. The van der Waals surface area contributed by atoms with Crippen molar-refractivity contribution in [2.24, 2.45) is 17.6 Å². The molecule has 2 saturated carbocycles. The highest BCUT2D eigenvalue weighted by atomic mass is 35.5. The zero-order valence-corrected chi connectivity index (χ0v) is 18.7. The van der Waals surface area contributed by atoms with E-state index in [0.29, 0.717) is 41.0 Å². The van der Waals surface area contributed by atoms with Gasteiger partial charge in [0.15, 0.2) is 0 Å². The van der Waals surface area contributed by atoms with Gasteiger partial charge in [-0.05, 0) is 48.4 Å². The Balaban J connectivity index is 1.32. The van der Waals surface area contributed by atoms with Crippen molar-refractivity contribution < 1.29 is 14.6 Å². The third-order valence-electron chi connectivity index (χ3n) is 7.31. The number of hydrogen-bond donors (Lipinski definition) is 3. The highest BCUT2D eigenvalue weighted by molar-refractivity contribution is 6.31. The molecular formula is C25H23ClN4O3. The lowest BCUT2D eigenvalue weighted by molar-refractivity contribution is 0.0281. The molecule has 6 rings (SSSR count). The maximum absolute atomic E-state index is 12.2. The zero-order valence-electron chi connectivity index (χ0n) is 18.0. The second kappa shape index (κ2) is 7.10. The monoisotopic (exact) mass is 462 g/mol. The molecular weight excluding hydrogens is 440 g/mol. The maximum Gasteiger partial charge on any atom is 0.250 e. The number of nitrogens with one attached hydrogen (secondary N) is 1. The molecule has 2 atom stereocenters. The molecule has 168 valence electrons. The average molecular weight is 463 g/mol. The fourth-order valence-corrected chi connectivity index (χ4v) is 6.04. The predicted molar refractivity (Wildman–Crippen MR) is 125 cm³/mol. The molecule has 1 amide bonds. The quantitative estimate of drug-likeness (QED) is 0.412. The summed E-state index contributed by atoms with van der Waals surface area (Å²) in [5.41, 5.74) is 8.46. The van der Waals surface area contributed by atoms with Crippen LogP contribution in [0.1, 0.15) is 34.8 Å². The number of fused-ring (bicyclic) bond motifs is 2. The molecule has 2 heterocycles. The standard InChI is InChI=1S/C25H23ClN4O3/c1-33-22-5-3-2-4-14(22)18-11-30(12-19(18)24(27)31)23-15-8-25(32,9-16(15)23)20-6-13(26)7-21-17(20)10-28-29-21/h2-7,10-12,15-16,23,32H,8-9H2,1H3,(H2,27,31)(H,28,29). The molecule has 8 heteroatoms. The first kappa shape index (κ1) is 20.3. The molecule has 7 nitrogen and oxygen atoms in total. The Labute approximate surface area is 195 Å². The Kier molecular flexibility index (Phi) is 4.38. The van der Waals surface area contributed by atoms with E-state index in [2.05, 4.69) is 14.8 Å². The molecule has 0 saturated heterocycles. The summed E-state index contributed by atoms with van der Waals surface area (Å²) >= 11 is 6.31. The molecule has 0 bridgehead atoms. The van der Waals surface area contributed by atoms with Crippen molar-refractivity contribution in [2.75, 3.05) is 7.11 Å². The van der Waals surface area contributed by atoms with Crippen molar-refractivity contribution in [2.45, 2.75) is 24.5 Å². The number of carbonyl (C=O) groups excluding carboxylic acids is 1. The summed E-state index contributed by atoms with van der Waals surface area (Å²) < 4.78 is 7.58. The zero-order chi connectivity index (χ0) is 22.9. The van der Waals surface area contributed by atoms with E-state index < -0.39 is 11.5 Å². The van der Waals surface area contributed by atoms with Crippen LogP contribution in [0.5, 0.6) is 5.75 Å². The summed E-state index contributed by atoms with van der Waals surface area (Å²) in [5.74, 6) is 0.815. The first-order valence-electron chi connectivity index (χ1n) is 10.9. The number of aromatic amines is 1. The van der Waals surface area contributed by atoms with Crippen LogP contribution in [0.4, 0.5) is 0 Å². The molecule has 33 heavy (non-hydrogen) atoms. The lowest BCUT2D eigenvalue weighted by Crippen LogP contribution is -2.25. The predicted octanol–water partition coefficient (Wildman–Crippen LogP) is 4.26. The summed E-state index contributed by atoms with van der Waals surface area (Å²) in [6, 6.07) is 11.5. The van der Waals surface area contributed by atoms with Crippen molar-refractivity contribution in [3.8, 4) is 16.9 Å². The van der Waals surface area contributed by atoms with Gasteiger partial charge >= 0.3 is 0 Å². The Morgan fingerprint density at radius 3 is 2.73 bits per heavy atom. The molecule has 0 aliphatic heterocycles. The number of H-pyrrole nitrogens is 1. The summed E-state index contributed by atoms with van der Waals surface area (Å²) in [7, 11) is 1.61. The van der Waals surface area contributed by atoms with Gasteiger partial charge in [-0.25, -0.2) is 0 Å². The number of nitrogens with two attached hydrogens (primary N) is 1. The number of aromatic nitrogens is 3. The molecule has 2 aromatic heterocycles. The van der Waals surface area contributed by atoms with Crippen LogP contribution in [-0.2, 0) is 5.60 Å². The molecule has 2 aromatic carbocycles. The first-order valence-corrected chi connectivity index (χ1v) is 11.3. The molecule has 2 aliphatic rings. The fraction of sp³-hybridized carbons (Fsp3) is 0.280. The van der Waals surface area contributed by atoms with E-state index in [1.165, 1.54) is 0 Å². The smallest absolute Gasteiger partial charge is 0.250 e. The molecule has 2 aliphatic carbocycles. The van der Waals surface area contributed by atoms with Crippen LogP contribution in [0.25, 0.3) is 22.0 Å². The van der Waals surface area contributed by atoms with E-state index in [0.717, 1.165) is 27.6 Å². The number of halogens is 1. The highest BCUT2D eigenvalue weighted by Crippen LogP contribution is 2.66. The number of rotatable bonds is 5. The van der Waals surface area contributed by atoms with E-state index in [1.54, 1.807) is 13.3 Å². The minimum atomic E-state index is -0.954. The largest absolute Gasteiger partial charge is 0.496 e.